The number of hydrogen-bond donors (Lipinski definition) is 2. The summed E-state index contributed by atoms with van der Waals surface area (Å²) < 4.78 is 0. The minimum absolute atomic E-state index is 0.155. The Bertz CT molecular complexity index is 583. The second kappa shape index (κ2) is 5.48. The van der Waals surface area contributed by atoms with Gasteiger partial charge in [0, 0.05) is 31.2 Å². The molecule has 1 atom stereocenters. The van der Waals surface area contributed by atoms with Crippen molar-refractivity contribution in [3.05, 3.63) is 29.3 Å². The van der Waals surface area contributed by atoms with E-state index in [0.29, 0.717) is 18.9 Å². The normalized spacial score (nSPS) is 22.3. The number of nitrogens with zero attached hydrogens (tertiary/aromatic N) is 1. The average Bonchev–Trinajstić information content (AvgIpc) is 2.82. The molecule has 3 rings (SSSR count). The molecule has 112 valence electrons. The Morgan fingerprint density at radius 3 is 2.81 bits per heavy atom. The van der Waals surface area contributed by atoms with Crippen LogP contribution in [0.5, 0.6) is 0 Å². The summed E-state index contributed by atoms with van der Waals surface area (Å²) in [6.45, 7) is 5.77. The van der Waals surface area contributed by atoms with Crippen LogP contribution < -0.4 is 10.6 Å². The Morgan fingerprint density at radius 1 is 1.29 bits per heavy atom. The maximum atomic E-state index is 12.0. The van der Waals surface area contributed by atoms with Gasteiger partial charge in [0.1, 0.15) is 0 Å². The number of nitrogens with one attached hydrogen (secondary N) is 2. The van der Waals surface area contributed by atoms with Crippen LogP contribution in [0.4, 0.5) is 5.69 Å². The van der Waals surface area contributed by atoms with Crippen LogP contribution in [0.1, 0.15) is 37.8 Å². The molecular formula is C16H21N3O2. The highest BCUT2D eigenvalue weighted by molar-refractivity contribution is 6.00. The molecule has 0 aliphatic carbocycles. The molecule has 0 spiro atoms. The molecule has 2 heterocycles. The molecule has 2 aliphatic rings. The van der Waals surface area contributed by atoms with Gasteiger partial charge in [-0.3, -0.25) is 19.8 Å². The Balaban J connectivity index is 1.78. The Hall–Kier alpha value is -1.88. The third kappa shape index (κ3) is 2.78. The third-order valence-electron chi connectivity index (χ3n) is 4.10. The number of fused-ring (bicyclic) bond motifs is 1. The standard InChI is InChI=1S/C16H21N3O2/c1-10(2)17-13-5-3-4-11-8-19(9-12(11)13)14-6-7-15(20)18-16(14)21/h3-5,10,14,17H,6-9H2,1-2H3,(H,18,20,21)/t14-/m1/s1. The van der Waals surface area contributed by atoms with Crippen LogP contribution in [-0.4, -0.2) is 28.8 Å². The Labute approximate surface area is 124 Å². The third-order valence-corrected chi connectivity index (χ3v) is 4.10. The van der Waals surface area contributed by atoms with Crippen LogP contribution in [0, 0.1) is 0 Å². The van der Waals surface area contributed by atoms with Gasteiger partial charge >= 0.3 is 0 Å². The van der Waals surface area contributed by atoms with Crippen molar-refractivity contribution in [2.75, 3.05) is 5.32 Å². The smallest absolute Gasteiger partial charge is 0.243 e. The van der Waals surface area contributed by atoms with Crippen molar-refractivity contribution in [3.8, 4) is 0 Å². The van der Waals surface area contributed by atoms with Gasteiger partial charge in [0.05, 0.1) is 6.04 Å². The SMILES string of the molecule is CC(C)Nc1cccc2c1CN([C@@H]1CCC(=O)NC1=O)C2. The molecule has 21 heavy (non-hydrogen) atoms. The zero-order chi connectivity index (χ0) is 15.0. The van der Waals surface area contributed by atoms with E-state index in [2.05, 4.69) is 47.6 Å². The van der Waals surface area contributed by atoms with Gasteiger partial charge in [0.15, 0.2) is 0 Å². The number of hydrogen-bond acceptors (Lipinski definition) is 4. The molecule has 1 saturated heterocycles. The summed E-state index contributed by atoms with van der Waals surface area (Å²) in [5, 5.41) is 5.91. The minimum atomic E-state index is -0.193. The monoisotopic (exact) mass is 287 g/mol. The highest BCUT2D eigenvalue weighted by Gasteiger charge is 2.35. The molecule has 1 aromatic carbocycles. The molecule has 0 radical (unpaired) electrons. The molecule has 1 fully saturated rings. The van der Waals surface area contributed by atoms with Crippen LogP contribution in [0.25, 0.3) is 0 Å². The number of piperidine rings is 1. The predicted octanol–water partition coefficient (Wildman–Crippen LogP) is 1.63. The summed E-state index contributed by atoms with van der Waals surface area (Å²) >= 11 is 0. The van der Waals surface area contributed by atoms with Crippen LogP contribution >= 0.6 is 0 Å². The highest BCUT2D eigenvalue weighted by atomic mass is 16.2. The highest BCUT2D eigenvalue weighted by Crippen LogP contribution is 2.32. The number of benzene rings is 1. The van der Waals surface area contributed by atoms with E-state index in [9.17, 15) is 9.59 Å². The average molecular weight is 287 g/mol. The summed E-state index contributed by atoms with van der Waals surface area (Å²) in [6.07, 6.45) is 1.05. The van der Waals surface area contributed by atoms with E-state index in [0.717, 1.165) is 18.8 Å². The van der Waals surface area contributed by atoms with Crippen molar-refractivity contribution in [2.45, 2.75) is 51.9 Å². The zero-order valence-electron chi connectivity index (χ0n) is 12.5. The lowest BCUT2D eigenvalue weighted by Gasteiger charge is -2.29. The van der Waals surface area contributed by atoms with Gasteiger partial charge < -0.3 is 5.32 Å². The minimum Gasteiger partial charge on any atom is -0.383 e. The van der Waals surface area contributed by atoms with Crippen molar-refractivity contribution < 1.29 is 9.59 Å². The fourth-order valence-electron chi connectivity index (χ4n) is 3.14. The largest absolute Gasteiger partial charge is 0.383 e. The van der Waals surface area contributed by atoms with Gasteiger partial charge in [0.2, 0.25) is 11.8 Å². The van der Waals surface area contributed by atoms with Gasteiger partial charge in [0.25, 0.3) is 0 Å². The van der Waals surface area contributed by atoms with E-state index in [1.54, 1.807) is 0 Å². The molecule has 2 N–H and O–H groups in total. The van der Waals surface area contributed by atoms with Crippen LogP contribution in [0.2, 0.25) is 0 Å². The lowest BCUT2D eigenvalue weighted by molar-refractivity contribution is -0.137. The second-order valence-electron chi connectivity index (χ2n) is 6.11. The van der Waals surface area contributed by atoms with Crippen molar-refractivity contribution >= 4 is 17.5 Å². The first-order valence-electron chi connectivity index (χ1n) is 7.49. The first-order valence-corrected chi connectivity index (χ1v) is 7.49. The Morgan fingerprint density at radius 2 is 2.10 bits per heavy atom. The molecule has 0 unspecified atom stereocenters. The number of carbonyl (C=O) groups excluding carboxylic acids is 2. The molecule has 5 heteroatoms. The van der Waals surface area contributed by atoms with Crippen molar-refractivity contribution in [1.29, 1.82) is 0 Å². The summed E-state index contributed by atoms with van der Waals surface area (Å²) in [4.78, 5) is 25.4. The van der Waals surface area contributed by atoms with Gasteiger partial charge in [-0.25, -0.2) is 0 Å². The van der Waals surface area contributed by atoms with E-state index in [1.807, 2.05) is 0 Å². The van der Waals surface area contributed by atoms with Crippen molar-refractivity contribution in [2.24, 2.45) is 0 Å². The molecular weight excluding hydrogens is 266 g/mol. The van der Waals surface area contributed by atoms with Crippen molar-refractivity contribution in [3.63, 3.8) is 0 Å². The van der Waals surface area contributed by atoms with Gasteiger partial charge in [-0.05, 0) is 37.5 Å². The van der Waals surface area contributed by atoms with Gasteiger partial charge in [-0.15, -0.1) is 0 Å². The molecule has 1 aromatic rings. The maximum Gasteiger partial charge on any atom is 0.243 e. The van der Waals surface area contributed by atoms with E-state index < -0.39 is 0 Å². The molecule has 2 amide bonds. The molecule has 0 saturated carbocycles. The lowest BCUT2D eigenvalue weighted by Crippen LogP contribution is -2.50. The van der Waals surface area contributed by atoms with E-state index >= 15 is 0 Å². The van der Waals surface area contributed by atoms with Crippen molar-refractivity contribution in [1.82, 2.24) is 10.2 Å². The predicted molar refractivity (Wildman–Crippen MR) is 80.6 cm³/mol. The lowest BCUT2D eigenvalue weighted by atomic mass is 10.0. The first-order chi connectivity index (χ1) is 10.0. The van der Waals surface area contributed by atoms with Crippen LogP contribution in [0.3, 0.4) is 0 Å². The zero-order valence-corrected chi connectivity index (χ0v) is 12.5. The number of imide groups is 1. The molecule has 0 bridgehead atoms. The van der Waals surface area contributed by atoms with Gasteiger partial charge in [-0.2, -0.15) is 0 Å². The van der Waals surface area contributed by atoms with E-state index in [-0.39, 0.29) is 17.9 Å². The summed E-state index contributed by atoms with van der Waals surface area (Å²) in [7, 11) is 0. The number of rotatable bonds is 3. The van der Waals surface area contributed by atoms with Gasteiger partial charge in [-0.1, -0.05) is 12.1 Å². The number of carbonyl (C=O) groups is 2. The number of amides is 2. The van der Waals surface area contributed by atoms with Crippen LogP contribution in [-0.2, 0) is 22.7 Å². The quantitative estimate of drug-likeness (QED) is 0.830. The number of anilines is 1. The summed E-state index contributed by atoms with van der Waals surface area (Å²) in [5.41, 5.74) is 3.69. The van der Waals surface area contributed by atoms with Crippen LogP contribution in [0.15, 0.2) is 18.2 Å². The fraction of sp³-hybridized carbons (Fsp3) is 0.500. The first kappa shape index (κ1) is 14.1. The summed E-state index contributed by atoms with van der Waals surface area (Å²) in [5.74, 6) is -0.312. The summed E-state index contributed by atoms with van der Waals surface area (Å²) in [6, 6.07) is 6.44. The topological polar surface area (TPSA) is 61.4 Å². The molecule has 0 aromatic heterocycles. The molecule has 5 nitrogen and oxygen atoms in total. The Kier molecular flexibility index (Phi) is 3.68. The molecule has 2 aliphatic heterocycles. The van der Waals surface area contributed by atoms with E-state index in [4.69, 9.17) is 0 Å². The van der Waals surface area contributed by atoms with E-state index in [1.165, 1.54) is 11.1 Å². The second-order valence-corrected chi connectivity index (χ2v) is 6.11. The fourth-order valence-corrected chi connectivity index (χ4v) is 3.14. The maximum absolute atomic E-state index is 12.0.